The molecule has 1 atom stereocenters. The number of furan rings is 2. The molecule has 11 aromatic rings. The van der Waals surface area contributed by atoms with Gasteiger partial charge in [0.05, 0.1) is 48.9 Å². The fourth-order valence-electron chi connectivity index (χ4n) is 7.76. The normalized spacial score (nSPS) is 12.6. The van der Waals surface area contributed by atoms with Gasteiger partial charge >= 0.3 is 0 Å². The van der Waals surface area contributed by atoms with Crippen LogP contribution in [0, 0.1) is 0 Å². The molecule has 0 aliphatic rings. The van der Waals surface area contributed by atoms with Gasteiger partial charge in [0.15, 0.2) is 0 Å². The van der Waals surface area contributed by atoms with E-state index in [1.54, 1.807) is 11.8 Å². The first-order valence-electron chi connectivity index (χ1n) is 17.4. The van der Waals surface area contributed by atoms with Gasteiger partial charge in [0, 0.05) is 36.2 Å². The van der Waals surface area contributed by atoms with Crippen LogP contribution < -0.4 is 0 Å². The molecule has 1 unspecified atom stereocenters. The van der Waals surface area contributed by atoms with Gasteiger partial charge in [-0.05, 0) is 60.7 Å². The molecule has 0 saturated carbocycles. The fraction of sp³-hybridized carbons (Fsp3) is 0. The maximum atomic E-state index is 15.1. The van der Waals surface area contributed by atoms with E-state index in [1.165, 1.54) is 0 Å². The minimum Gasteiger partial charge on any atom is -0.439 e. The minimum absolute atomic E-state index is 0.661. The highest BCUT2D eigenvalue weighted by Gasteiger charge is 2.27. The van der Waals surface area contributed by atoms with Gasteiger partial charge in [-0.1, -0.05) is 121 Å². The van der Waals surface area contributed by atoms with Crippen molar-refractivity contribution in [3.05, 3.63) is 170 Å². The van der Waals surface area contributed by atoms with E-state index >= 15 is 4.21 Å². The summed E-state index contributed by atoms with van der Waals surface area (Å²) in [5.41, 5.74) is 6.76. The van der Waals surface area contributed by atoms with Gasteiger partial charge < -0.3 is 8.83 Å². The van der Waals surface area contributed by atoms with E-state index in [-0.39, 0.29) is 0 Å². The average Bonchev–Trinajstić information content (AvgIpc) is 3.95. The summed E-state index contributed by atoms with van der Waals surface area (Å²) in [5.74, 6) is 0. The first-order chi connectivity index (χ1) is 26.2. The van der Waals surface area contributed by atoms with Crippen LogP contribution in [0.5, 0.6) is 0 Å². The zero-order valence-corrected chi connectivity index (χ0v) is 29.7. The topological polar surface area (TPSA) is 53.2 Å². The van der Waals surface area contributed by atoms with Gasteiger partial charge in [0.1, 0.15) is 11.2 Å². The molecular weight excluding hydrogens is 693 g/mol. The molecule has 0 fully saturated rings. The summed E-state index contributed by atoms with van der Waals surface area (Å²) in [6.07, 6.45) is 0. The molecule has 53 heavy (non-hydrogen) atoms. The Kier molecular flexibility index (Phi) is 6.81. The van der Waals surface area contributed by atoms with Crippen molar-refractivity contribution in [1.82, 2.24) is 9.13 Å². The van der Waals surface area contributed by atoms with Crippen LogP contribution in [0.15, 0.2) is 198 Å². The second-order valence-corrected chi connectivity index (χ2v) is 15.6. The van der Waals surface area contributed by atoms with Crippen LogP contribution in [0.2, 0.25) is 0 Å². The van der Waals surface area contributed by atoms with Crippen LogP contribution in [0.1, 0.15) is 0 Å². The van der Waals surface area contributed by atoms with Gasteiger partial charge in [-0.3, -0.25) is 9.13 Å². The number of fused-ring (bicyclic) bond motifs is 10. The number of para-hydroxylation sites is 4. The highest BCUT2D eigenvalue weighted by atomic mass is 32.2. The number of benzene rings is 7. The summed E-state index contributed by atoms with van der Waals surface area (Å²) in [6, 6.07) is 57.5. The molecule has 4 aromatic heterocycles. The third-order valence-corrected chi connectivity index (χ3v) is 12.5. The molecule has 0 aliphatic heterocycles. The molecule has 0 spiro atoms. The zero-order chi connectivity index (χ0) is 35.0. The third-order valence-electron chi connectivity index (χ3n) is 10.0. The summed E-state index contributed by atoms with van der Waals surface area (Å²) < 4.78 is 32.9. The van der Waals surface area contributed by atoms with Crippen molar-refractivity contribution in [1.29, 1.82) is 0 Å². The van der Waals surface area contributed by atoms with Crippen LogP contribution in [-0.2, 0) is 10.8 Å². The Hall–Kier alpha value is -6.28. The SMILES string of the molecule is O=S(c1ccccc1)c1cc(-n2c3ccccc3c3c4ccccc4oc32)c(Sc2ccccc2)cc1-n1c2ccccc2c2c3ccccc3oc21. The van der Waals surface area contributed by atoms with E-state index in [0.29, 0.717) is 15.5 Å². The van der Waals surface area contributed by atoms with Crippen molar-refractivity contribution < 1.29 is 13.0 Å². The average molecular weight is 721 g/mol. The molecule has 7 heteroatoms. The Morgan fingerprint density at radius 3 is 1.53 bits per heavy atom. The van der Waals surface area contributed by atoms with E-state index in [2.05, 4.69) is 106 Å². The van der Waals surface area contributed by atoms with Crippen LogP contribution in [0.4, 0.5) is 0 Å². The van der Waals surface area contributed by atoms with Crippen molar-refractivity contribution in [2.75, 3.05) is 0 Å². The van der Waals surface area contributed by atoms with Crippen molar-refractivity contribution in [3.63, 3.8) is 0 Å². The maximum absolute atomic E-state index is 15.1. The summed E-state index contributed by atoms with van der Waals surface area (Å²) in [4.78, 5) is 3.44. The Bertz CT molecular complexity index is 3230. The van der Waals surface area contributed by atoms with Crippen LogP contribution >= 0.6 is 11.8 Å². The maximum Gasteiger partial charge on any atom is 0.213 e. The standard InChI is InChI=1S/C46H28N2O3S2/c49-53(30-17-5-2-6-18-30)42-28-37(47-35-23-11-7-19-31(35)43-33-21-9-13-25-39(33)50-45(43)47)41(52-29-15-3-1-4-16-29)27-38(42)48-36-24-12-8-20-32(36)44-34-22-10-14-26-40(34)51-46(44)48/h1-28H. The second kappa shape index (κ2) is 11.9. The van der Waals surface area contributed by atoms with Crippen LogP contribution in [0.25, 0.3) is 77.3 Å². The van der Waals surface area contributed by atoms with Gasteiger partial charge in [-0.25, -0.2) is 4.21 Å². The Morgan fingerprint density at radius 2 is 0.943 bits per heavy atom. The molecule has 11 rings (SSSR count). The van der Waals surface area contributed by atoms with E-state index in [1.807, 2.05) is 72.8 Å². The van der Waals surface area contributed by atoms with E-state index in [0.717, 1.165) is 81.4 Å². The van der Waals surface area contributed by atoms with Crippen molar-refractivity contribution in [2.45, 2.75) is 19.6 Å². The Morgan fingerprint density at radius 1 is 0.472 bits per heavy atom. The number of nitrogens with zero attached hydrogens (tertiary/aromatic N) is 2. The number of hydrogen-bond acceptors (Lipinski definition) is 4. The minimum atomic E-state index is -1.57. The third kappa shape index (κ3) is 4.61. The molecule has 4 heterocycles. The highest BCUT2D eigenvalue weighted by molar-refractivity contribution is 7.99. The smallest absolute Gasteiger partial charge is 0.213 e. The summed E-state index contributed by atoms with van der Waals surface area (Å²) in [6.45, 7) is 0. The van der Waals surface area contributed by atoms with Crippen molar-refractivity contribution in [2.24, 2.45) is 0 Å². The highest BCUT2D eigenvalue weighted by Crippen LogP contribution is 2.46. The molecular formula is C46H28N2O3S2. The van der Waals surface area contributed by atoms with Gasteiger partial charge in [-0.15, -0.1) is 0 Å². The molecule has 0 saturated heterocycles. The number of hydrogen-bond donors (Lipinski definition) is 0. The van der Waals surface area contributed by atoms with Crippen molar-refractivity contribution in [3.8, 4) is 11.4 Å². The quantitative estimate of drug-likeness (QED) is 0.172. The summed E-state index contributed by atoms with van der Waals surface area (Å²) >= 11 is 1.67. The fourth-order valence-corrected chi connectivity index (χ4v) is 9.95. The van der Waals surface area contributed by atoms with Crippen LogP contribution in [-0.4, -0.2) is 13.3 Å². The lowest BCUT2D eigenvalue weighted by atomic mass is 10.1. The lowest BCUT2D eigenvalue weighted by molar-refractivity contribution is 0.641. The molecule has 0 amide bonds. The first-order valence-corrected chi connectivity index (χ1v) is 19.4. The molecule has 5 nitrogen and oxygen atoms in total. The first kappa shape index (κ1) is 30.4. The lowest BCUT2D eigenvalue weighted by Crippen LogP contribution is -2.06. The largest absolute Gasteiger partial charge is 0.439 e. The van der Waals surface area contributed by atoms with Crippen LogP contribution in [0.3, 0.4) is 0 Å². The predicted molar refractivity (Wildman–Crippen MR) is 216 cm³/mol. The van der Waals surface area contributed by atoms with Gasteiger partial charge in [0.25, 0.3) is 0 Å². The number of rotatable bonds is 6. The Labute approximate surface area is 310 Å². The molecule has 252 valence electrons. The number of aromatic nitrogens is 2. The zero-order valence-electron chi connectivity index (χ0n) is 28.1. The Balaban J connectivity index is 1.30. The van der Waals surface area contributed by atoms with Gasteiger partial charge in [-0.2, -0.15) is 0 Å². The van der Waals surface area contributed by atoms with E-state index in [9.17, 15) is 0 Å². The van der Waals surface area contributed by atoms with E-state index in [4.69, 9.17) is 8.83 Å². The second-order valence-electron chi connectivity index (χ2n) is 13.0. The predicted octanol–water partition coefficient (Wildman–Crippen LogP) is 12.7. The lowest BCUT2D eigenvalue weighted by Gasteiger charge is -2.19. The summed E-state index contributed by atoms with van der Waals surface area (Å²) in [5, 5.41) is 6.37. The van der Waals surface area contributed by atoms with Gasteiger partial charge in [0.2, 0.25) is 11.4 Å². The molecule has 7 aromatic carbocycles. The van der Waals surface area contributed by atoms with Crippen molar-refractivity contribution >= 4 is 88.5 Å². The molecule has 0 radical (unpaired) electrons. The molecule has 0 aliphatic carbocycles. The monoisotopic (exact) mass is 720 g/mol. The molecule has 0 bridgehead atoms. The molecule has 0 N–H and O–H groups in total. The summed E-state index contributed by atoms with van der Waals surface area (Å²) in [7, 11) is -1.57. The van der Waals surface area contributed by atoms with E-state index < -0.39 is 10.8 Å².